The number of nitrogens with two attached hydrogens (primary N) is 1. The molecular formula is C15H18N2O. The number of aromatic nitrogens is 1. The fraction of sp³-hybridized carbons (Fsp3) is 0.267. The van der Waals surface area contributed by atoms with Crippen LogP contribution in [0.4, 0.5) is 0 Å². The quantitative estimate of drug-likeness (QED) is 0.896. The van der Waals surface area contributed by atoms with Crippen molar-refractivity contribution in [3.05, 3.63) is 53.7 Å². The number of pyridine rings is 1. The maximum absolute atomic E-state index is 5.55. The second-order valence-corrected chi connectivity index (χ2v) is 4.26. The molecule has 1 heterocycles. The smallest absolute Gasteiger partial charge is 0.0793 e. The van der Waals surface area contributed by atoms with Gasteiger partial charge in [0, 0.05) is 25.4 Å². The molecule has 0 fully saturated rings. The fourth-order valence-corrected chi connectivity index (χ4v) is 1.78. The van der Waals surface area contributed by atoms with Gasteiger partial charge in [-0.2, -0.15) is 0 Å². The van der Waals surface area contributed by atoms with Crippen molar-refractivity contribution in [3.63, 3.8) is 0 Å². The molecule has 0 aliphatic heterocycles. The van der Waals surface area contributed by atoms with E-state index < -0.39 is 0 Å². The van der Waals surface area contributed by atoms with Gasteiger partial charge >= 0.3 is 0 Å². The van der Waals surface area contributed by atoms with E-state index in [1.165, 1.54) is 5.56 Å². The van der Waals surface area contributed by atoms with Crippen LogP contribution in [0.5, 0.6) is 0 Å². The van der Waals surface area contributed by atoms with Crippen LogP contribution in [0.2, 0.25) is 0 Å². The molecular weight excluding hydrogens is 224 g/mol. The zero-order valence-electron chi connectivity index (χ0n) is 10.8. The Kier molecular flexibility index (Phi) is 4.07. The second-order valence-electron chi connectivity index (χ2n) is 4.26. The lowest BCUT2D eigenvalue weighted by atomic mass is 10.1. The Hall–Kier alpha value is -1.71. The highest BCUT2D eigenvalue weighted by Gasteiger charge is 2.04. The van der Waals surface area contributed by atoms with Crippen molar-refractivity contribution in [3.8, 4) is 11.3 Å². The van der Waals surface area contributed by atoms with Crippen LogP contribution in [-0.4, -0.2) is 12.1 Å². The number of nitrogens with zero attached hydrogens (tertiary/aromatic N) is 1. The topological polar surface area (TPSA) is 48.1 Å². The monoisotopic (exact) mass is 242 g/mol. The van der Waals surface area contributed by atoms with Crippen molar-refractivity contribution < 1.29 is 4.74 Å². The zero-order valence-corrected chi connectivity index (χ0v) is 10.8. The van der Waals surface area contributed by atoms with Crippen molar-refractivity contribution in [2.75, 3.05) is 7.11 Å². The molecule has 0 spiro atoms. The third-order valence-corrected chi connectivity index (χ3v) is 3.09. The zero-order chi connectivity index (χ0) is 13.0. The molecule has 18 heavy (non-hydrogen) atoms. The van der Waals surface area contributed by atoms with E-state index in [-0.39, 0.29) is 6.10 Å². The molecule has 0 amide bonds. The molecule has 2 aromatic rings. The molecule has 94 valence electrons. The molecule has 0 saturated heterocycles. The van der Waals surface area contributed by atoms with Crippen molar-refractivity contribution >= 4 is 0 Å². The molecule has 1 aromatic heterocycles. The number of hydrogen-bond donors (Lipinski definition) is 1. The van der Waals surface area contributed by atoms with Crippen molar-refractivity contribution in [2.24, 2.45) is 5.73 Å². The van der Waals surface area contributed by atoms with E-state index in [0.717, 1.165) is 16.8 Å². The highest BCUT2D eigenvalue weighted by molar-refractivity contribution is 5.59. The van der Waals surface area contributed by atoms with Crippen LogP contribution < -0.4 is 5.73 Å². The standard InChI is InChI=1S/C15H18N2O/c1-11(18-2)13-4-6-14(7-5-13)15-8-3-12(9-16)10-17-15/h3-8,10-11H,9,16H2,1-2H3/t11-/m0/s1. The Morgan fingerprint density at radius 3 is 2.39 bits per heavy atom. The van der Waals surface area contributed by atoms with Gasteiger partial charge in [-0.25, -0.2) is 0 Å². The minimum Gasteiger partial charge on any atom is -0.377 e. The summed E-state index contributed by atoms with van der Waals surface area (Å²) in [6.45, 7) is 2.56. The Morgan fingerprint density at radius 2 is 1.89 bits per heavy atom. The summed E-state index contributed by atoms with van der Waals surface area (Å²) in [5, 5.41) is 0. The first-order chi connectivity index (χ1) is 8.74. The van der Waals surface area contributed by atoms with E-state index in [4.69, 9.17) is 10.5 Å². The number of rotatable bonds is 4. The van der Waals surface area contributed by atoms with Crippen LogP contribution >= 0.6 is 0 Å². The molecule has 3 nitrogen and oxygen atoms in total. The third kappa shape index (κ3) is 2.75. The van der Waals surface area contributed by atoms with Gasteiger partial charge in [0.1, 0.15) is 0 Å². The third-order valence-electron chi connectivity index (χ3n) is 3.09. The largest absolute Gasteiger partial charge is 0.377 e. The van der Waals surface area contributed by atoms with Crippen molar-refractivity contribution in [1.82, 2.24) is 4.98 Å². The lowest BCUT2D eigenvalue weighted by molar-refractivity contribution is 0.119. The molecule has 1 atom stereocenters. The summed E-state index contributed by atoms with van der Waals surface area (Å²) in [5.41, 5.74) is 9.83. The van der Waals surface area contributed by atoms with Gasteiger partial charge in [0.15, 0.2) is 0 Å². The van der Waals surface area contributed by atoms with Gasteiger partial charge in [0.25, 0.3) is 0 Å². The highest BCUT2D eigenvalue weighted by atomic mass is 16.5. The molecule has 2 rings (SSSR count). The first-order valence-corrected chi connectivity index (χ1v) is 6.02. The van der Waals surface area contributed by atoms with E-state index in [9.17, 15) is 0 Å². The van der Waals surface area contributed by atoms with Gasteiger partial charge in [-0.3, -0.25) is 4.98 Å². The van der Waals surface area contributed by atoms with E-state index in [0.29, 0.717) is 6.54 Å². The van der Waals surface area contributed by atoms with Gasteiger partial charge in [0.05, 0.1) is 11.8 Å². The SMILES string of the molecule is CO[C@@H](C)c1ccc(-c2ccc(CN)cn2)cc1. The van der Waals surface area contributed by atoms with Crippen LogP contribution in [0.3, 0.4) is 0 Å². The Labute approximate surface area is 108 Å². The molecule has 0 aliphatic carbocycles. The van der Waals surface area contributed by atoms with Crippen LogP contribution in [-0.2, 0) is 11.3 Å². The van der Waals surface area contributed by atoms with Crippen molar-refractivity contribution in [1.29, 1.82) is 0 Å². The average molecular weight is 242 g/mol. The number of hydrogen-bond acceptors (Lipinski definition) is 3. The summed E-state index contributed by atoms with van der Waals surface area (Å²) < 4.78 is 5.28. The Morgan fingerprint density at radius 1 is 1.17 bits per heavy atom. The normalized spacial score (nSPS) is 12.4. The first kappa shape index (κ1) is 12.7. The summed E-state index contributed by atoms with van der Waals surface area (Å²) in [5.74, 6) is 0. The highest BCUT2D eigenvalue weighted by Crippen LogP contribution is 2.21. The summed E-state index contributed by atoms with van der Waals surface area (Å²) in [6, 6.07) is 12.3. The van der Waals surface area contributed by atoms with Gasteiger partial charge in [0.2, 0.25) is 0 Å². The van der Waals surface area contributed by atoms with Crippen molar-refractivity contribution in [2.45, 2.75) is 19.6 Å². The van der Waals surface area contributed by atoms with Gasteiger partial charge < -0.3 is 10.5 Å². The van der Waals surface area contributed by atoms with Crippen LogP contribution in [0.25, 0.3) is 11.3 Å². The summed E-state index contributed by atoms with van der Waals surface area (Å²) in [7, 11) is 1.71. The molecule has 1 aromatic carbocycles. The maximum Gasteiger partial charge on any atom is 0.0793 e. The summed E-state index contributed by atoms with van der Waals surface area (Å²) in [6.07, 6.45) is 1.94. The molecule has 0 bridgehead atoms. The fourth-order valence-electron chi connectivity index (χ4n) is 1.78. The Bertz CT molecular complexity index is 491. The average Bonchev–Trinajstić information content (AvgIpc) is 2.47. The molecule has 0 unspecified atom stereocenters. The Balaban J connectivity index is 2.22. The van der Waals surface area contributed by atoms with E-state index in [1.54, 1.807) is 7.11 Å². The minimum absolute atomic E-state index is 0.117. The lowest BCUT2D eigenvalue weighted by Gasteiger charge is -2.10. The predicted octanol–water partition coefficient (Wildman–Crippen LogP) is 2.91. The predicted molar refractivity (Wildman–Crippen MR) is 73.0 cm³/mol. The number of ether oxygens (including phenoxy) is 1. The molecule has 2 N–H and O–H groups in total. The van der Waals surface area contributed by atoms with Crippen LogP contribution in [0.15, 0.2) is 42.6 Å². The second kappa shape index (κ2) is 5.76. The molecule has 3 heteroatoms. The van der Waals surface area contributed by atoms with Gasteiger partial charge in [-0.05, 0) is 24.1 Å². The van der Waals surface area contributed by atoms with E-state index in [2.05, 4.69) is 29.2 Å². The van der Waals surface area contributed by atoms with Crippen LogP contribution in [0.1, 0.15) is 24.2 Å². The maximum atomic E-state index is 5.55. The lowest BCUT2D eigenvalue weighted by Crippen LogP contribution is -1.97. The van der Waals surface area contributed by atoms with Gasteiger partial charge in [-0.1, -0.05) is 30.3 Å². The first-order valence-electron chi connectivity index (χ1n) is 6.02. The molecule has 0 aliphatic rings. The van der Waals surface area contributed by atoms with Crippen LogP contribution in [0, 0.1) is 0 Å². The molecule has 0 saturated carbocycles. The summed E-state index contributed by atoms with van der Waals surface area (Å²) in [4.78, 5) is 4.40. The number of methoxy groups -OCH3 is 1. The minimum atomic E-state index is 0.117. The molecule has 0 radical (unpaired) electrons. The summed E-state index contributed by atoms with van der Waals surface area (Å²) >= 11 is 0. The number of benzene rings is 1. The van der Waals surface area contributed by atoms with E-state index in [1.807, 2.05) is 25.3 Å². The van der Waals surface area contributed by atoms with E-state index >= 15 is 0 Å². The van der Waals surface area contributed by atoms with Gasteiger partial charge in [-0.15, -0.1) is 0 Å².